The molecule has 1 atom stereocenters. The molecule has 0 spiro atoms. The second kappa shape index (κ2) is 11.0. The van der Waals surface area contributed by atoms with Crippen LogP contribution in [-0.4, -0.2) is 43.0 Å². The zero-order valence-electron chi connectivity index (χ0n) is 18.7. The molecule has 1 saturated heterocycles. The number of amides is 2. The lowest BCUT2D eigenvalue weighted by Crippen LogP contribution is -2.45. The Hall–Kier alpha value is -2.86. The summed E-state index contributed by atoms with van der Waals surface area (Å²) in [5.41, 5.74) is 3.57. The topological polar surface area (TPSA) is 70.7 Å². The molecule has 0 aromatic heterocycles. The smallest absolute Gasteiger partial charge is 0.222 e. The fourth-order valence-electron chi connectivity index (χ4n) is 4.07. The molecule has 3 rings (SSSR count). The molecule has 1 aliphatic heterocycles. The summed E-state index contributed by atoms with van der Waals surface area (Å²) < 4.78 is 5.19. The van der Waals surface area contributed by atoms with Crippen molar-refractivity contribution in [1.29, 1.82) is 0 Å². The standard InChI is InChI=1S/C25H33N3O3/c1-18-6-4-5-7-21(18)17-28-14-12-22(13-15-28)27-25(30)16-24(26-19(2)29)20-8-10-23(31-3)11-9-20/h4-11,22,24H,12-17H2,1-3H3,(H,26,29)(H,27,30)/t24-/m1/s1. The molecule has 2 amide bonds. The van der Waals surface area contributed by atoms with E-state index in [1.165, 1.54) is 18.1 Å². The highest BCUT2D eigenvalue weighted by Crippen LogP contribution is 2.21. The molecular weight excluding hydrogens is 390 g/mol. The first-order chi connectivity index (χ1) is 14.9. The van der Waals surface area contributed by atoms with Crippen molar-refractivity contribution in [2.24, 2.45) is 0 Å². The van der Waals surface area contributed by atoms with Crippen molar-refractivity contribution in [3.8, 4) is 5.75 Å². The van der Waals surface area contributed by atoms with Gasteiger partial charge in [-0.05, 0) is 48.6 Å². The van der Waals surface area contributed by atoms with E-state index in [1.54, 1.807) is 7.11 Å². The number of hydrogen-bond acceptors (Lipinski definition) is 4. The van der Waals surface area contributed by atoms with Gasteiger partial charge in [0.1, 0.15) is 5.75 Å². The fourth-order valence-corrected chi connectivity index (χ4v) is 4.07. The van der Waals surface area contributed by atoms with Gasteiger partial charge in [-0.15, -0.1) is 0 Å². The van der Waals surface area contributed by atoms with Crippen LogP contribution in [0.15, 0.2) is 48.5 Å². The number of benzene rings is 2. The van der Waals surface area contributed by atoms with Crippen molar-refractivity contribution < 1.29 is 14.3 Å². The quantitative estimate of drug-likeness (QED) is 0.683. The number of hydrogen-bond donors (Lipinski definition) is 2. The van der Waals surface area contributed by atoms with Crippen molar-refractivity contribution in [3.05, 3.63) is 65.2 Å². The molecule has 0 aliphatic carbocycles. The fraction of sp³-hybridized carbons (Fsp3) is 0.440. The lowest BCUT2D eigenvalue weighted by Gasteiger charge is -2.33. The Balaban J connectivity index is 1.50. The van der Waals surface area contributed by atoms with Crippen LogP contribution >= 0.6 is 0 Å². The molecule has 1 heterocycles. The maximum atomic E-state index is 12.7. The number of nitrogens with one attached hydrogen (secondary N) is 2. The first-order valence-electron chi connectivity index (χ1n) is 10.9. The van der Waals surface area contributed by atoms with Gasteiger partial charge in [0.2, 0.25) is 11.8 Å². The minimum Gasteiger partial charge on any atom is -0.497 e. The van der Waals surface area contributed by atoms with E-state index in [0.29, 0.717) is 0 Å². The largest absolute Gasteiger partial charge is 0.497 e. The highest BCUT2D eigenvalue weighted by Gasteiger charge is 2.23. The Morgan fingerprint density at radius 3 is 2.39 bits per heavy atom. The second-order valence-electron chi connectivity index (χ2n) is 8.27. The summed E-state index contributed by atoms with van der Waals surface area (Å²) in [7, 11) is 1.61. The molecule has 0 unspecified atom stereocenters. The number of aryl methyl sites for hydroxylation is 1. The Kier molecular flexibility index (Phi) is 8.06. The SMILES string of the molecule is COc1ccc([C@@H](CC(=O)NC2CCN(Cc3ccccc3C)CC2)NC(C)=O)cc1. The maximum absolute atomic E-state index is 12.7. The Morgan fingerprint density at radius 1 is 1.10 bits per heavy atom. The number of methoxy groups -OCH3 is 1. The number of rotatable bonds is 8. The van der Waals surface area contributed by atoms with E-state index in [-0.39, 0.29) is 30.3 Å². The summed E-state index contributed by atoms with van der Waals surface area (Å²) >= 11 is 0. The van der Waals surface area contributed by atoms with Crippen LogP contribution in [0.1, 0.15) is 48.9 Å². The molecule has 2 N–H and O–H groups in total. The Bertz CT molecular complexity index is 874. The predicted molar refractivity (Wildman–Crippen MR) is 122 cm³/mol. The van der Waals surface area contributed by atoms with Gasteiger partial charge in [0, 0.05) is 32.6 Å². The van der Waals surface area contributed by atoms with Gasteiger partial charge in [-0.2, -0.15) is 0 Å². The molecule has 2 aromatic rings. The van der Waals surface area contributed by atoms with Crippen molar-refractivity contribution in [1.82, 2.24) is 15.5 Å². The van der Waals surface area contributed by atoms with E-state index in [1.807, 2.05) is 24.3 Å². The molecule has 6 nitrogen and oxygen atoms in total. The van der Waals surface area contributed by atoms with Crippen LogP contribution < -0.4 is 15.4 Å². The first kappa shape index (κ1) is 22.8. The summed E-state index contributed by atoms with van der Waals surface area (Å²) in [5.74, 6) is 0.553. The average Bonchev–Trinajstić information content (AvgIpc) is 2.76. The number of carbonyl (C=O) groups is 2. The van der Waals surface area contributed by atoms with Crippen LogP contribution in [-0.2, 0) is 16.1 Å². The lowest BCUT2D eigenvalue weighted by atomic mass is 10.0. The van der Waals surface area contributed by atoms with E-state index >= 15 is 0 Å². The lowest BCUT2D eigenvalue weighted by molar-refractivity contribution is -0.123. The second-order valence-corrected chi connectivity index (χ2v) is 8.27. The highest BCUT2D eigenvalue weighted by atomic mass is 16.5. The Labute approximate surface area is 185 Å². The number of ether oxygens (including phenoxy) is 1. The van der Waals surface area contributed by atoms with Crippen molar-refractivity contribution >= 4 is 11.8 Å². The maximum Gasteiger partial charge on any atom is 0.222 e. The normalized spacial score (nSPS) is 15.8. The summed E-state index contributed by atoms with van der Waals surface area (Å²) in [4.78, 5) is 26.8. The summed E-state index contributed by atoms with van der Waals surface area (Å²) in [6.07, 6.45) is 2.09. The summed E-state index contributed by atoms with van der Waals surface area (Å²) in [6.45, 7) is 6.50. The molecule has 1 fully saturated rings. The van der Waals surface area contributed by atoms with Gasteiger partial charge in [0.05, 0.1) is 19.6 Å². The van der Waals surface area contributed by atoms with Crippen molar-refractivity contribution in [3.63, 3.8) is 0 Å². The van der Waals surface area contributed by atoms with Gasteiger partial charge in [0.15, 0.2) is 0 Å². The van der Waals surface area contributed by atoms with Gasteiger partial charge >= 0.3 is 0 Å². The minimum absolute atomic E-state index is 0.0353. The van der Waals surface area contributed by atoms with Gasteiger partial charge in [0.25, 0.3) is 0 Å². The van der Waals surface area contributed by atoms with Crippen molar-refractivity contribution in [2.45, 2.75) is 51.7 Å². The van der Waals surface area contributed by atoms with Gasteiger partial charge in [-0.3, -0.25) is 14.5 Å². The zero-order chi connectivity index (χ0) is 22.2. The van der Waals surface area contributed by atoms with Crippen LogP contribution in [0.25, 0.3) is 0 Å². The van der Waals surface area contributed by atoms with E-state index in [9.17, 15) is 9.59 Å². The summed E-state index contributed by atoms with van der Waals surface area (Å²) in [5, 5.41) is 6.06. The summed E-state index contributed by atoms with van der Waals surface area (Å²) in [6, 6.07) is 15.8. The van der Waals surface area contributed by atoms with Crippen LogP contribution in [0, 0.1) is 6.92 Å². The van der Waals surface area contributed by atoms with Gasteiger partial charge in [-0.1, -0.05) is 36.4 Å². The van der Waals surface area contributed by atoms with Gasteiger partial charge < -0.3 is 15.4 Å². The third kappa shape index (κ3) is 6.82. The molecule has 0 saturated carbocycles. The predicted octanol–water partition coefficient (Wildman–Crippen LogP) is 3.35. The molecule has 1 aliphatic rings. The Morgan fingerprint density at radius 2 is 1.77 bits per heavy atom. The molecular formula is C25H33N3O3. The van der Waals surface area contributed by atoms with Crippen LogP contribution in [0.5, 0.6) is 5.75 Å². The molecule has 0 radical (unpaired) electrons. The molecule has 166 valence electrons. The van der Waals surface area contributed by atoms with E-state index in [2.05, 4.69) is 46.7 Å². The number of piperidine rings is 1. The average molecular weight is 424 g/mol. The molecule has 2 aromatic carbocycles. The number of carbonyl (C=O) groups excluding carboxylic acids is 2. The van der Waals surface area contributed by atoms with Crippen LogP contribution in [0.2, 0.25) is 0 Å². The third-order valence-corrected chi connectivity index (χ3v) is 5.89. The molecule has 31 heavy (non-hydrogen) atoms. The van der Waals surface area contributed by atoms with E-state index < -0.39 is 0 Å². The van der Waals surface area contributed by atoms with Crippen LogP contribution in [0.4, 0.5) is 0 Å². The number of likely N-dealkylation sites (tertiary alicyclic amines) is 1. The molecule has 6 heteroatoms. The highest BCUT2D eigenvalue weighted by molar-refractivity contribution is 5.79. The van der Waals surface area contributed by atoms with Gasteiger partial charge in [-0.25, -0.2) is 0 Å². The van der Waals surface area contributed by atoms with Crippen molar-refractivity contribution in [2.75, 3.05) is 20.2 Å². The van der Waals surface area contributed by atoms with E-state index in [4.69, 9.17) is 4.74 Å². The first-order valence-corrected chi connectivity index (χ1v) is 10.9. The van der Waals surface area contributed by atoms with E-state index in [0.717, 1.165) is 43.8 Å². The minimum atomic E-state index is -0.357. The van der Waals surface area contributed by atoms with Crippen LogP contribution in [0.3, 0.4) is 0 Å². The number of nitrogens with zero attached hydrogens (tertiary/aromatic N) is 1. The third-order valence-electron chi connectivity index (χ3n) is 5.89. The zero-order valence-corrected chi connectivity index (χ0v) is 18.7. The molecule has 0 bridgehead atoms. The monoisotopic (exact) mass is 423 g/mol.